The highest BCUT2D eigenvalue weighted by Gasteiger charge is 2.33. The summed E-state index contributed by atoms with van der Waals surface area (Å²) in [6.45, 7) is 12.0. The van der Waals surface area contributed by atoms with Crippen molar-refractivity contribution in [2.75, 3.05) is 26.8 Å². The molecule has 0 spiro atoms. The van der Waals surface area contributed by atoms with Crippen LogP contribution in [0.15, 0.2) is 10.4 Å². The lowest BCUT2D eigenvalue weighted by molar-refractivity contribution is 0.105. The van der Waals surface area contributed by atoms with Gasteiger partial charge in [0.25, 0.3) is 0 Å². The van der Waals surface area contributed by atoms with Crippen molar-refractivity contribution < 1.29 is 4.74 Å². The van der Waals surface area contributed by atoms with Crippen LogP contribution in [0.2, 0.25) is 0 Å². The molecule has 1 aromatic rings. The van der Waals surface area contributed by atoms with Crippen molar-refractivity contribution >= 4 is 17.3 Å². The van der Waals surface area contributed by atoms with Gasteiger partial charge in [0, 0.05) is 37.6 Å². The second kappa shape index (κ2) is 9.70. The summed E-state index contributed by atoms with van der Waals surface area (Å²) < 4.78 is 5.61. The van der Waals surface area contributed by atoms with Crippen LogP contribution in [0.4, 0.5) is 0 Å². The lowest BCUT2D eigenvalue weighted by Crippen LogP contribution is -2.43. The molecule has 0 atom stereocenters. The lowest BCUT2D eigenvalue weighted by atomic mass is 9.83. The maximum Gasteiger partial charge on any atom is 0.191 e. The van der Waals surface area contributed by atoms with E-state index in [4.69, 9.17) is 9.72 Å². The molecule has 0 aliphatic heterocycles. The van der Waals surface area contributed by atoms with E-state index in [1.807, 2.05) is 7.05 Å². The number of guanidine groups is 1. The van der Waals surface area contributed by atoms with E-state index in [2.05, 4.69) is 48.7 Å². The first-order valence-corrected chi connectivity index (χ1v) is 10.7. The SMILES string of the molecule is CCOCCC1(CNC(=NC)NCc2nc(C(C)(C)C)cs2)CCCC1. The van der Waals surface area contributed by atoms with E-state index in [-0.39, 0.29) is 5.41 Å². The first-order valence-electron chi connectivity index (χ1n) is 9.86. The Bertz CT molecular complexity index is 571. The normalized spacial score (nSPS) is 17.5. The van der Waals surface area contributed by atoms with E-state index >= 15 is 0 Å². The minimum absolute atomic E-state index is 0.101. The Morgan fingerprint density at radius 1 is 1.31 bits per heavy atom. The van der Waals surface area contributed by atoms with Crippen molar-refractivity contribution in [1.29, 1.82) is 0 Å². The number of nitrogens with zero attached hydrogens (tertiary/aromatic N) is 2. The maximum atomic E-state index is 5.61. The van der Waals surface area contributed by atoms with Gasteiger partial charge < -0.3 is 15.4 Å². The predicted molar refractivity (Wildman–Crippen MR) is 111 cm³/mol. The quantitative estimate of drug-likeness (QED) is 0.405. The molecule has 1 aliphatic carbocycles. The predicted octanol–water partition coefficient (Wildman–Crippen LogP) is 4.09. The summed E-state index contributed by atoms with van der Waals surface area (Å²) in [5.74, 6) is 0.861. The number of rotatable bonds is 8. The van der Waals surface area contributed by atoms with Crippen molar-refractivity contribution in [3.8, 4) is 0 Å². The van der Waals surface area contributed by atoms with E-state index in [0.717, 1.165) is 42.8 Å². The average molecular weight is 381 g/mol. The third-order valence-electron chi connectivity index (χ3n) is 5.23. The highest BCUT2D eigenvalue weighted by atomic mass is 32.1. The molecule has 0 aromatic carbocycles. The number of ether oxygens (including phenoxy) is 1. The number of thiazole rings is 1. The van der Waals surface area contributed by atoms with Gasteiger partial charge in [0.1, 0.15) is 5.01 Å². The summed E-state index contributed by atoms with van der Waals surface area (Å²) in [7, 11) is 1.83. The fourth-order valence-electron chi connectivity index (χ4n) is 3.46. The van der Waals surface area contributed by atoms with Crippen molar-refractivity contribution in [1.82, 2.24) is 15.6 Å². The second-order valence-electron chi connectivity index (χ2n) is 8.31. The van der Waals surface area contributed by atoms with Gasteiger partial charge in [0.15, 0.2) is 5.96 Å². The highest BCUT2D eigenvalue weighted by molar-refractivity contribution is 7.09. The van der Waals surface area contributed by atoms with Crippen molar-refractivity contribution in [3.63, 3.8) is 0 Å². The van der Waals surface area contributed by atoms with Gasteiger partial charge in [-0.2, -0.15) is 0 Å². The Kier molecular flexibility index (Phi) is 7.89. The molecule has 2 rings (SSSR count). The summed E-state index contributed by atoms with van der Waals surface area (Å²) in [6.07, 6.45) is 6.35. The van der Waals surface area contributed by atoms with Crippen molar-refractivity contribution in [2.24, 2.45) is 10.4 Å². The number of nitrogens with one attached hydrogen (secondary N) is 2. The molecule has 1 heterocycles. The summed E-state index contributed by atoms with van der Waals surface area (Å²) >= 11 is 1.71. The van der Waals surface area contributed by atoms with Crippen LogP contribution in [0.5, 0.6) is 0 Å². The molecule has 148 valence electrons. The van der Waals surface area contributed by atoms with E-state index < -0.39 is 0 Å². The first kappa shape index (κ1) is 21.2. The molecule has 2 N–H and O–H groups in total. The molecule has 1 fully saturated rings. The fourth-order valence-corrected chi connectivity index (χ4v) is 4.42. The zero-order valence-corrected chi connectivity index (χ0v) is 18.0. The van der Waals surface area contributed by atoms with Crippen molar-refractivity contribution in [3.05, 3.63) is 16.1 Å². The van der Waals surface area contributed by atoms with Crippen LogP contribution in [0.1, 0.15) is 70.5 Å². The summed E-state index contributed by atoms with van der Waals surface area (Å²) in [5, 5.41) is 10.2. The van der Waals surface area contributed by atoms with Crippen LogP contribution >= 0.6 is 11.3 Å². The van der Waals surface area contributed by atoms with Gasteiger partial charge in [0.2, 0.25) is 0 Å². The van der Waals surface area contributed by atoms with Crippen LogP contribution in [0.3, 0.4) is 0 Å². The average Bonchev–Trinajstić information content (AvgIpc) is 3.25. The van der Waals surface area contributed by atoms with Gasteiger partial charge in [-0.25, -0.2) is 4.98 Å². The largest absolute Gasteiger partial charge is 0.382 e. The first-order chi connectivity index (χ1) is 12.4. The van der Waals surface area contributed by atoms with Crippen LogP contribution in [0, 0.1) is 5.41 Å². The summed E-state index contributed by atoms with van der Waals surface area (Å²) in [6, 6.07) is 0. The third-order valence-corrected chi connectivity index (χ3v) is 6.08. The molecule has 26 heavy (non-hydrogen) atoms. The summed E-state index contributed by atoms with van der Waals surface area (Å²) in [5.41, 5.74) is 1.61. The molecule has 0 saturated heterocycles. The van der Waals surface area contributed by atoms with Gasteiger partial charge in [0.05, 0.1) is 12.2 Å². The smallest absolute Gasteiger partial charge is 0.191 e. The molecule has 5 nitrogen and oxygen atoms in total. The second-order valence-corrected chi connectivity index (χ2v) is 9.25. The Morgan fingerprint density at radius 2 is 2.04 bits per heavy atom. The number of hydrogen-bond donors (Lipinski definition) is 2. The molecule has 0 unspecified atom stereocenters. The van der Waals surface area contributed by atoms with Gasteiger partial charge >= 0.3 is 0 Å². The molecule has 0 amide bonds. The molecule has 6 heteroatoms. The minimum Gasteiger partial charge on any atom is -0.382 e. The molecular formula is C20H36N4OS. The minimum atomic E-state index is 0.101. The maximum absolute atomic E-state index is 5.61. The fraction of sp³-hybridized carbons (Fsp3) is 0.800. The van der Waals surface area contributed by atoms with Crippen molar-refractivity contribution in [2.45, 2.75) is 71.8 Å². The van der Waals surface area contributed by atoms with Gasteiger partial charge in [-0.3, -0.25) is 4.99 Å². The van der Waals surface area contributed by atoms with Gasteiger partial charge in [-0.05, 0) is 31.6 Å². The molecule has 0 bridgehead atoms. The number of hydrogen-bond acceptors (Lipinski definition) is 4. The van der Waals surface area contributed by atoms with Crippen LogP contribution in [0.25, 0.3) is 0 Å². The van der Waals surface area contributed by atoms with Crippen LogP contribution in [-0.2, 0) is 16.7 Å². The van der Waals surface area contributed by atoms with E-state index in [1.54, 1.807) is 11.3 Å². The van der Waals surface area contributed by atoms with E-state index in [1.165, 1.54) is 25.7 Å². The zero-order valence-electron chi connectivity index (χ0n) is 17.2. The molecule has 0 radical (unpaired) electrons. The molecule has 1 aliphatic rings. The molecular weight excluding hydrogens is 344 g/mol. The molecule has 1 aromatic heterocycles. The standard InChI is InChI=1S/C20H36N4OS/c1-6-25-12-11-20(9-7-8-10-20)15-23-18(21-5)22-13-17-24-16(14-26-17)19(2,3)4/h14H,6-13,15H2,1-5H3,(H2,21,22,23). The van der Waals surface area contributed by atoms with Gasteiger partial charge in [-0.1, -0.05) is 33.6 Å². The third kappa shape index (κ3) is 6.23. The van der Waals surface area contributed by atoms with Crippen LogP contribution in [-0.4, -0.2) is 37.7 Å². The Balaban J connectivity index is 1.84. The zero-order chi connectivity index (χ0) is 19.0. The number of aliphatic imine (C=N–C) groups is 1. The Labute approximate surface area is 163 Å². The summed E-state index contributed by atoms with van der Waals surface area (Å²) in [4.78, 5) is 9.13. The monoisotopic (exact) mass is 380 g/mol. The highest BCUT2D eigenvalue weighted by Crippen LogP contribution is 2.40. The van der Waals surface area contributed by atoms with E-state index in [9.17, 15) is 0 Å². The lowest BCUT2D eigenvalue weighted by Gasteiger charge is -2.30. The van der Waals surface area contributed by atoms with Gasteiger partial charge in [-0.15, -0.1) is 11.3 Å². The van der Waals surface area contributed by atoms with Crippen LogP contribution < -0.4 is 10.6 Å². The Morgan fingerprint density at radius 3 is 2.62 bits per heavy atom. The Hall–Kier alpha value is -1.14. The van der Waals surface area contributed by atoms with E-state index in [0.29, 0.717) is 12.0 Å². The molecule has 1 saturated carbocycles. The topological polar surface area (TPSA) is 58.5 Å². The number of aromatic nitrogens is 1.